The van der Waals surface area contributed by atoms with Crippen LogP contribution in [0.2, 0.25) is 0 Å². The van der Waals surface area contributed by atoms with E-state index in [1.807, 2.05) is 60.6 Å². The van der Waals surface area contributed by atoms with Gasteiger partial charge in [-0.25, -0.2) is 0 Å². The van der Waals surface area contributed by atoms with Crippen LogP contribution in [0.4, 0.5) is 0 Å². The Kier molecular flexibility index (Phi) is 10.2. The molecule has 0 atom stereocenters. The van der Waals surface area contributed by atoms with Crippen LogP contribution in [0, 0.1) is 0 Å². The van der Waals surface area contributed by atoms with E-state index in [0.29, 0.717) is 0 Å². The van der Waals surface area contributed by atoms with Gasteiger partial charge in [0.2, 0.25) is 0 Å². The molecule has 0 fully saturated rings. The van der Waals surface area contributed by atoms with E-state index < -0.39 is 11.4 Å². The zero-order valence-electron chi connectivity index (χ0n) is 21.6. The Hall–Kier alpha value is -2.57. The van der Waals surface area contributed by atoms with Crippen molar-refractivity contribution in [1.29, 1.82) is 0 Å². The summed E-state index contributed by atoms with van der Waals surface area (Å²) in [4.78, 5) is 11.8. The van der Waals surface area contributed by atoms with E-state index in [0.717, 1.165) is 35.1 Å². The molecule has 0 aliphatic rings. The van der Waals surface area contributed by atoms with Crippen LogP contribution in [-0.4, -0.2) is 44.7 Å². The second-order valence-corrected chi connectivity index (χ2v) is 11.0. The lowest BCUT2D eigenvalue weighted by molar-refractivity contribution is -0.138. The zero-order valence-corrected chi connectivity index (χ0v) is 21.6. The van der Waals surface area contributed by atoms with Gasteiger partial charge in [0.05, 0.1) is 6.42 Å². The Morgan fingerprint density at radius 3 is 1.32 bits per heavy atom. The Labute approximate surface area is 203 Å². The maximum atomic E-state index is 11.8. The standard InChI is InChI=1S/C24H32O4.C4H10O2/c1-22(2,3)17-12-15(8-10-19(17)25)24(7,14-21(27)28)16-9-11-20(26)18(13-16)23(4,5)6;5-3-1-2-4-6/h8-13,25-26H,14H2,1-7H3,(H,27,28);5-6H,1-4H2. The number of aromatic hydroxyl groups is 2. The molecule has 0 spiro atoms. The summed E-state index contributed by atoms with van der Waals surface area (Å²) in [6.45, 7) is 14.4. The zero-order chi connectivity index (χ0) is 26.3. The van der Waals surface area contributed by atoms with Crippen molar-refractivity contribution in [3.8, 4) is 11.5 Å². The molecule has 0 saturated carbocycles. The van der Waals surface area contributed by atoms with E-state index in [-0.39, 0.29) is 42.0 Å². The maximum Gasteiger partial charge on any atom is 0.304 e. The SMILES string of the molecule is CC(C)(C)c1cc(C(C)(CC(=O)O)c2ccc(O)c(C(C)(C)C)c2)ccc1O.OCCCCO. The number of hydrogen-bond donors (Lipinski definition) is 5. The number of carbonyl (C=O) groups is 1. The molecule has 5 N–H and O–H groups in total. The van der Waals surface area contributed by atoms with E-state index in [9.17, 15) is 20.1 Å². The van der Waals surface area contributed by atoms with E-state index in [4.69, 9.17) is 10.2 Å². The summed E-state index contributed by atoms with van der Waals surface area (Å²) >= 11 is 0. The summed E-state index contributed by atoms with van der Waals surface area (Å²) in [7, 11) is 0. The first-order valence-corrected chi connectivity index (χ1v) is 11.7. The van der Waals surface area contributed by atoms with Crippen molar-refractivity contribution >= 4 is 5.97 Å². The highest BCUT2D eigenvalue weighted by Gasteiger charge is 2.34. The molecule has 0 amide bonds. The second kappa shape index (κ2) is 11.7. The highest BCUT2D eigenvalue weighted by Crippen LogP contribution is 2.42. The average molecular weight is 475 g/mol. The molecule has 2 aromatic carbocycles. The van der Waals surface area contributed by atoms with Crippen LogP contribution in [0.5, 0.6) is 11.5 Å². The van der Waals surface area contributed by atoms with Gasteiger partial charge in [0.15, 0.2) is 0 Å². The van der Waals surface area contributed by atoms with Crippen LogP contribution in [0.15, 0.2) is 36.4 Å². The van der Waals surface area contributed by atoms with Crippen LogP contribution in [-0.2, 0) is 21.0 Å². The summed E-state index contributed by atoms with van der Waals surface area (Å²) in [6, 6.07) is 10.7. The number of hydrogen-bond acceptors (Lipinski definition) is 5. The van der Waals surface area contributed by atoms with Gasteiger partial charge in [0.25, 0.3) is 0 Å². The maximum absolute atomic E-state index is 11.8. The highest BCUT2D eigenvalue weighted by atomic mass is 16.4. The molecule has 6 heteroatoms. The first-order valence-electron chi connectivity index (χ1n) is 11.7. The fraction of sp³-hybridized carbons (Fsp3) is 0.536. The molecular weight excluding hydrogens is 432 g/mol. The van der Waals surface area contributed by atoms with Crippen molar-refractivity contribution in [2.45, 2.75) is 84.0 Å². The number of aliphatic hydroxyl groups is 2. The van der Waals surface area contributed by atoms with Crippen LogP contribution in [0.1, 0.15) is 90.0 Å². The van der Waals surface area contributed by atoms with Gasteiger partial charge in [-0.15, -0.1) is 0 Å². The lowest BCUT2D eigenvalue weighted by atomic mass is 9.70. The normalized spacial score (nSPS) is 12.1. The predicted octanol–water partition coefficient (Wildman–Crippen LogP) is 5.22. The summed E-state index contributed by atoms with van der Waals surface area (Å²) < 4.78 is 0. The third kappa shape index (κ3) is 7.74. The minimum Gasteiger partial charge on any atom is -0.508 e. The van der Waals surface area contributed by atoms with Crippen molar-refractivity contribution in [1.82, 2.24) is 0 Å². The van der Waals surface area contributed by atoms with Gasteiger partial charge in [-0.1, -0.05) is 72.7 Å². The van der Waals surface area contributed by atoms with Crippen molar-refractivity contribution in [2.75, 3.05) is 13.2 Å². The number of carboxylic acids is 1. The molecule has 0 heterocycles. The monoisotopic (exact) mass is 474 g/mol. The van der Waals surface area contributed by atoms with Gasteiger partial charge in [0.1, 0.15) is 11.5 Å². The highest BCUT2D eigenvalue weighted by molar-refractivity contribution is 5.71. The lowest BCUT2D eigenvalue weighted by Gasteiger charge is -2.33. The third-order valence-corrected chi connectivity index (χ3v) is 5.95. The lowest BCUT2D eigenvalue weighted by Crippen LogP contribution is -2.28. The number of rotatable bonds is 7. The van der Waals surface area contributed by atoms with Crippen molar-refractivity contribution in [2.24, 2.45) is 0 Å². The summed E-state index contributed by atoms with van der Waals surface area (Å²) in [6.07, 6.45) is 1.34. The molecule has 0 aliphatic heterocycles. The number of aliphatic carboxylic acids is 1. The van der Waals surface area contributed by atoms with E-state index in [1.165, 1.54) is 0 Å². The molecule has 190 valence electrons. The van der Waals surface area contributed by atoms with Crippen molar-refractivity contribution < 1.29 is 30.3 Å². The summed E-state index contributed by atoms with van der Waals surface area (Å²) in [5.41, 5.74) is 1.82. The minimum atomic E-state index is -0.904. The number of benzene rings is 2. The molecule has 2 aromatic rings. The Bertz CT molecular complexity index is 883. The van der Waals surface area contributed by atoms with Gasteiger partial charge in [-0.05, 0) is 58.1 Å². The van der Waals surface area contributed by atoms with E-state index >= 15 is 0 Å². The van der Waals surface area contributed by atoms with Crippen LogP contribution >= 0.6 is 0 Å². The van der Waals surface area contributed by atoms with E-state index in [1.54, 1.807) is 24.3 Å². The molecule has 0 bridgehead atoms. The number of unbranched alkanes of at least 4 members (excludes halogenated alkanes) is 1. The Balaban J connectivity index is 0.000000852. The number of phenols is 2. The first kappa shape index (κ1) is 29.5. The molecule has 0 saturated heterocycles. The minimum absolute atomic E-state index is 0.101. The quantitative estimate of drug-likeness (QED) is 0.351. The van der Waals surface area contributed by atoms with Crippen LogP contribution in [0.25, 0.3) is 0 Å². The fourth-order valence-corrected chi connectivity index (χ4v) is 3.86. The second-order valence-electron chi connectivity index (χ2n) is 11.0. The van der Waals surface area contributed by atoms with E-state index in [2.05, 4.69) is 0 Å². The number of phenolic OH excluding ortho intramolecular Hbond substituents is 2. The van der Waals surface area contributed by atoms with Crippen LogP contribution in [0.3, 0.4) is 0 Å². The Morgan fingerprint density at radius 2 is 1.06 bits per heavy atom. The number of carboxylic acid groups (broad SMARTS) is 1. The molecule has 6 nitrogen and oxygen atoms in total. The summed E-state index contributed by atoms with van der Waals surface area (Å²) in [5.74, 6) is -0.497. The molecule has 0 radical (unpaired) electrons. The number of aliphatic hydroxyl groups excluding tert-OH is 2. The molecular formula is C28H42O6. The van der Waals surface area contributed by atoms with Gasteiger partial charge in [0, 0.05) is 18.6 Å². The topological polar surface area (TPSA) is 118 Å². The summed E-state index contributed by atoms with van der Waals surface area (Å²) in [5, 5.41) is 46.5. The first-order chi connectivity index (χ1) is 15.6. The Morgan fingerprint density at radius 1 is 0.706 bits per heavy atom. The predicted molar refractivity (Wildman–Crippen MR) is 136 cm³/mol. The van der Waals surface area contributed by atoms with Crippen LogP contribution < -0.4 is 0 Å². The molecule has 0 aromatic heterocycles. The smallest absolute Gasteiger partial charge is 0.304 e. The van der Waals surface area contributed by atoms with Crippen molar-refractivity contribution in [3.05, 3.63) is 58.7 Å². The molecule has 0 aliphatic carbocycles. The van der Waals surface area contributed by atoms with Crippen molar-refractivity contribution in [3.63, 3.8) is 0 Å². The molecule has 0 unspecified atom stereocenters. The largest absolute Gasteiger partial charge is 0.508 e. The van der Waals surface area contributed by atoms with Gasteiger partial charge in [-0.2, -0.15) is 0 Å². The fourth-order valence-electron chi connectivity index (χ4n) is 3.86. The third-order valence-electron chi connectivity index (χ3n) is 5.95. The van der Waals surface area contributed by atoms with Gasteiger partial charge < -0.3 is 25.5 Å². The van der Waals surface area contributed by atoms with Gasteiger partial charge in [-0.3, -0.25) is 4.79 Å². The molecule has 2 rings (SSSR count). The molecule has 34 heavy (non-hydrogen) atoms. The van der Waals surface area contributed by atoms with Gasteiger partial charge >= 0.3 is 5.97 Å². The average Bonchev–Trinajstić information content (AvgIpc) is 2.71.